The molecule has 1 aromatic carbocycles. The molecule has 0 radical (unpaired) electrons. The number of benzene rings is 1. The van der Waals surface area contributed by atoms with Gasteiger partial charge >= 0.3 is 0 Å². The molecule has 2 rings (SSSR count). The fourth-order valence-electron chi connectivity index (χ4n) is 2.39. The van der Waals surface area contributed by atoms with Crippen molar-refractivity contribution < 1.29 is 5.11 Å². The highest BCUT2D eigenvalue weighted by Crippen LogP contribution is 2.16. The number of rotatable bonds is 7. The van der Waals surface area contributed by atoms with Gasteiger partial charge in [0.25, 0.3) is 0 Å². The normalized spacial score (nSPS) is 11.2. The van der Waals surface area contributed by atoms with Crippen LogP contribution in [0.1, 0.15) is 24.5 Å². The van der Waals surface area contributed by atoms with Crippen LogP contribution in [0.2, 0.25) is 0 Å². The molecule has 0 aliphatic heterocycles. The van der Waals surface area contributed by atoms with Crippen molar-refractivity contribution in [1.29, 1.82) is 0 Å². The third-order valence-corrected chi connectivity index (χ3v) is 3.29. The maximum absolute atomic E-state index is 9.10. The first kappa shape index (κ1) is 14.7. The predicted molar refractivity (Wildman–Crippen MR) is 78.7 cm³/mol. The van der Waals surface area contributed by atoms with E-state index in [1.165, 1.54) is 17.5 Å². The maximum Gasteiger partial charge on any atom is 0.138 e. The molecule has 20 heavy (non-hydrogen) atoms. The minimum Gasteiger partial charge on any atom is -0.395 e. The lowest BCUT2D eigenvalue weighted by Crippen LogP contribution is -2.27. The fourth-order valence-corrected chi connectivity index (χ4v) is 2.39. The van der Waals surface area contributed by atoms with Crippen LogP contribution in [-0.4, -0.2) is 44.5 Å². The van der Waals surface area contributed by atoms with Gasteiger partial charge < -0.3 is 5.11 Å². The Morgan fingerprint density at radius 3 is 2.75 bits per heavy atom. The number of aliphatic hydroxyl groups is 1. The first-order valence-electron chi connectivity index (χ1n) is 7.02. The van der Waals surface area contributed by atoms with Gasteiger partial charge in [-0.25, -0.2) is 9.67 Å². The average Bonchev–Trinajstić information content (AvgIpc) is 2.93. The summed E-state index contributed by atoms with van der Waals surface area (Å²) in [6.45, 7) is 7.03. The van der Waals surface area contributed by atoms with Gasteiger partial charge in [-0.15, -0.1) is 0 Å². The largest absolute Gasteiger partial charge is 0.395 e. The van der Waals surface area contributed by atoms with Crippen LogP contribution >= 0.6 is 0 Å². The number of hydrogen-bond acceptors (Lipinski definition) is 4. The Balaban J connectivity index is 2.12. The number of nitrogens with zero attached hydrogens (tertiary/aromatic N) is 4. The zero-order valence-corrected chi connectivity index (χ0v) is 12.2. The minimum absolute atomic E-state index is 0.204. The standard InChI is InChI=1S/C15H22N4O/c1-3-6-18(7-8-20)10-14-4-5-15(13(2)9-14)19-12-16-11-17-19/h4-5,9,11-12,20H,3,6-8,10H2,1-2H3. The molecule has 0 aliphatic rings. The SMILES string of the molecule is CCCN(CCO)Cc1ccc(-n2cncn2)c(C)c1. The highest BCUT2D eigenvalue weighted by molar-refractivity contribution is 5.41. The van der Waals surface area contributed by atoms with Gasteiger partial charge in [0.2, 0.25) is 0 Å². The van der Waals surface area contributed by atoms with Crippen LogP contribution in [0, 0.1) is 6.92 Å². The van der Waals surface area contributed by atoms with Gasteiger partial charge in [-0.2, -0.15) is 5.10 Å². The molecular weight excluding hydrogens is 252 g/mol. The smallest absolute Gasteiger partial charge is 0.138 e. The van der Waals surface area contributed by atoms with Crippen LogP contribution < -0.4 is 0 Å². The first-order valence-corrected chi connectivity index (χ1v) is 7.02. The summed E-state index contributed by atoms with van der Waals surface area (Å²) in [5.74, 6) is 0. The third kappa shape index (κ3) is 3.65. The maximum atomic E-state index is 9.10. The second-order valence-electron chi connectivity index (χ2n) is 4.96. The molecule has 0 aliphatic carbocycles. The summed E-state index contributed by atoms with van der Waals surface area (Å²) in [6, 6.07) is 6.36. The van der Waals surface area contributed by atoms with Gasteiger partial charge in [-0.05, 0) is 37.1 Å². The average molecular weight is 274 g/mol. The van der Waals surface area contributed by atoms with E-state index in [0.29, 0.717) is 0 Å². The van der Waals surface area contributed by atoms with Crippen LogP contribution in [0.15, 0.2) is 30.9 Å². The molecule has 0 atom stereocenters. The first-order chi connectivity index (χ1) is 9.74. The van der Waals surface area contributed by atoms with E-state index in [2.05, 4.69) is 47.0 Å². The predicted octanol–water partition coefficient (Wildman–Crippen LogP) is 1.78. The Morgan fingerprint density at radius 2 is 2.15 bits per heavy atom. The molecule has 0 fully saturated rings. The van der Waals surface area contributed by atoms with Crippen molar-refractivity contribution in [3.63, 3.8) is 0 Å². The monoisotopic (exact) mass is 274 g/mol. The zero-order valence-electron chi connectivity index (χ0n) is 12.2. The second-order valence-corrected chi connectivity index (χ2v) is 4.96. The molecule has 0 unspecified atom stereocenters. The molecule has 108 valence electrons. The molecule has 0 saturated heterocycles. The number of aryl methyl sites for hydroxylation is 1. The minimum atomic E-state index is 0.204. The van der Waals surface area contributed by atoms with Crippen molar-refractivity contribution >= 4 is 0 Å². The van der Waals surface area contributed by atoms with Crippen LogP contribution in [0.4, 0.5) is 0 Å². The van der Waals surface area contributed by atoms with E-state index >= 15 is 0 Å². The Labute approximate surface area is 119 Å². The Hall–Kier alpha value is -1.72. The third-order valence-electron chi connectivity index (χ3n) is 3.29. The van der Waals surface area contributed by atoms with E-state index in [1.807, 2.05) is 0 Å². The van der Waals surface area contributed by atoms with Crippen LogP contribution in [0.3, 0.4) is 0 Å². The topological polar surface area (TPSA) is 54.2 Å². The second kappa shape index (κ2) is 7.17. The molecule has 0 bridgehead atoms. The Morgan fingerprint density at radius 1 is 1.30 bits per heavy atom. The summed E-state index contributed by atoms with van der Waals surface area (Å²) in [5, 5.41) is 13.3. The highest BCUT2D eigenvalue weighted by Gasteiger charge is 2.07. The highest BCUT2D eigenvalue weighted by atomic mass is 16.3. The van der Waals surface area contributed by atoms with Gasteiger partial charge in [-0.3, -0.25) is 4.90 Å². The van der Waals surface area contributed by atoms with E-state index < -0.39 is 0 Å². The fraction of sp³-hybridized carbons (Fsp3) is 0.467. The molecule has 0 saturated carbocycles. The molecular formula is C15H22N4O. The molecule has 5 nitrogen and oxygen atoms in total. The van der Waals surface area contributed by atoms with Crippen LogP contribution in [0.25, 0.3) is 5.69 Å². The summed E-state index contributed by atoms with van der Waals surface area (Å²) in [6.07, 6.45) is 4.34. The van der Waals surface area contributed by atoms with E-state index in [9.17, 15) is 0 Å². The summed E-state index contributed by atoms with van der Waals surface area (Å²) < 4.78 is 1.77. The van der Waals surface area contributed by atoms with Crippen molar-refractivity contribution in [2.75, 3.05) is 19.7 Å². The van der Waals surface area contributed by atoms with Gasteiger partial charge in [0.1, 0.15) is 12.7 Å². The van der Waals surface area contributed by atoms with Crippen molar-refractivity contribution in [1.82, 2.24) is 19.7 Å². The van der Waals surface area contributed by atoms with Gasteiger partial charge in [0.05, 0.1) is 12.3 Å². The zero-order chi connectivity index (χ0) is 14.4. The molecule has 1 heterocycles. The Bertz CT molecular complexity index is 519. The molecule has 1 aromatic heterocycles. The molecule has 1 N–H and O–H groups in total. The quantitative estimate of drug-likeness (QED) is 0.836. The van der Waals surface area contributed by atoms with Crippen molar-refractivity contribution in [2.24, 2.45) is 0 Å². The van der Waals surface area contributed by atoms with E-state index in [1.54, 1.807) is 11.0 Å². The van der Waals surface area contributed by atoms with Gasteiger partial charge in [0.15, 0.2) is 0 Å². The summed E-state index contributed by atoms with van der Waals surface area (Å²) in [5.41, 5.74) is 3.48. The van der Waals surface area contributed by atoms with Crippen molar-refractivity contribution in [3.8, 4) is 5.69 Å². The molecule has 0 spiro atoms. The summed E-state index contributed by atoms with van der Waals surface area (Å²) >= 11 is 0. The van der Waals surface area contributed by atoms with Crippen LogP contribution in [-0.2, 0) is 6.54 Å². The summed E-state index contributed by atoms with van der Waals surface area (Å²) in [4.78, 5) is 6.24. The number of aliphatic hydroxyl groups excluding tert-OH is 1. The lowest BCUT2D eigenvalue weighted by molar-refractivity contribution is 0.190. The Kier molecular flexibility index (Phi) is 5.26. The van der Waals surface area contributed by atoms with Gasteiger partial charge in [0, 0.05) is 13.1 Å². The van der Waals surface area contributed by atoms with Gasteiger partial charge in [-0.1, -0.05) is 19.1 Å². The van der Waals surface area contributed by atoms with E-state index in [0.717, 1.165) is 31.7 Å². The molecule has 2 aromatic rings. The molecule has 5 heteroatoms. The summed E-state index contributed by atoms with van der Waals surface area (Å²) in [7, 11) is 0. The van der Waals surface area contributed by atoms with E-state index in [-0.39, 0.29) is 6.61 Å². The molecule has 0 amide bonds. The van der Waals surface area contributed by atoms with E-state index in [4.69, 9.17) is 5.11 Å². The number of hydrogen-bond donors (Lipinski definition) is 1. The van der Waals surface area contributed by atoms with Crippen molar-refractivity contribution in [2.45, 2.75) is 26.8 Å². The van der Waals surface area contributed by atoms with Crippen molar-refractivity contribution in [3.05, 3.63) is 42.0 Å². The lowest BCUT2D eigenvalue weighted by atomic mass is 10.1. The van der Waals surface area contributed by atoms with Crippen LogP contribution in [0.5, 0.6) is 0 Å². The number of aromatic nitrogens is 3. The lowest BCUT2D eigenvalue weighted by Gasteiger charge is -2.21.